The molecule has 0 aliphatic heterocycles. The molecule has 0 aliphatic rings. The second-order valence-corrected chi connectivity index (χ2v) is 5.29. The van der Waals surface area contributed by atoms with Crippen molar-refractivity contribution in [2.75, 3.05) is 0 Å². The zero-order valence-electron chi connectivity index (χ0n) is 10.5. The van der Waals surface area contributed by atoms with Crippen LogP contribution < -0.4 is 0 Å². The number of hydrogen-bond donors (Lipinski definition) is 1. The van der Waals surface area contributed by atoms with Crippen molar-refractivity contribution < 1.29 is 18.3 Å². The zero-order valence-corrected chi connectivity index (χ0v) is 11.3. The SMILES string of the molecule is OCc1ccc(SCc2ccccc2C(F)(F)F)cc1. The molecule has 0 saturated heterocycles. The van der Waals surface area contributed by atoms with Crippen molar-refractivity contribution in [3.63, 3.8) is 0 Å². The molecule has 0 radical (unpaired) electrons. The summed E-state index contributed by atoms with van der Waals surface area (Å²) in [6.07, 6.45) is -4.32. The van der Waals surface area contributed by atoms with E-state index in [0.29, 0.717) is 0 Å². The standard InChI is InChI=1S/C15H13F3OS/c16-15(17,18)14-4-2-1-3-12(14)10-20-13-7-5-11(9-19)6-8-13/h1-8,19H,9-10H2. The maximum atomic E-state index is 12.8. The molecule has 0 heterocycles. The van der Waals surface area contributed by atoms with Gasteiger partial charge < -0.3 is 5.11 Å². The van der Waals surface area contributed by atoms with Gasteiger partial charge in [0.25, 0.3) is 0 Å². The second kappa shape index (κ2) is 6.33. The Hall–Kier alpha value is -1.46. The van der Waals surface area contributed by atoms with E-state index in [1.807, 2.05) is 0 Å². The highest BCUT2D eigenvalue weighted by Gasteiger charge is 2.32. The normalized spacial score (nSPS) is 11.6. The van der Waals surface area contributed by atoms with E-state index in [0.717, 1.165) is 16.5 Å². The van der Waals surface area contributed by atoms with E-state index in [2.05, 4.69) is 0 Å². The van der Waals surface area contributed by atoms with Gasteiger partial charge in [-0.15, -0.1) is 11.8 Å². The van der Waals surface area contributed by atoms with Crippen LogP contribution in [0, 0.1) is 0 Å². The molecular formula is C15H13F3OS. The molecular weight excluding hydrogens is 285 g/mol. The zero-order chi connectivity index (χ0) is 14.6. The number of halogens is 3. The van der Waals surface area contributed by atoms with Crippen molar-refractivity contribution in [1.29, 1.82) is 0 Å². The van der Waals surface area contributed by atoms with Crippen LogP contribution in [0.1, 0.15) is 16.7 Å². The van der Waals surface area contributed by atoms with Gasteiger partial charge in [-0.05, 0) is 29.3 Å². The van der Waals surface area contributed by atoms with Gasteiger partial charge in [-0.1, -0.05) is 30.3 Å². The predicted octanol–water partition coefficient (Wildman–Crippen LogP) is 4.49. The fraction of sp³-hybridized carbons (Fsp3) is 0.200. The lowest BCUT2D eigenvalue weighted by atomic mass is 10.1. The van der Waals surface area contributed by atoms with Gasteiger partial charge in [-0.3, -0.25) is 0 Å². The molecule has 1 N–H and O–H groups in total. The van der Waals surface area contributed by atoms with Crippen LogP contribution in [0.2, 0.25) is 0 Å². The van der Waals surface area contributed by atoms with Crippen molar-refractivity contribution in [3.8, 4) is 0 Å². The molecule has 0 aromatic heterocycles. The molecule has 1 nitrogen and oxygen atoms in total. The summed E-state index contributed by atoms with van der Waals surface area (Å²) >= 11 is 1.34. The van der Waals surface area contributed by atoms with Gasteiger partial charge >= 0.3 is 6.18 Å². The summed E-state index contributed by atoms with van der Waals surface area (Å²) in [5.41, 5.74) is 0.473. The number of aliphatic hydroxyl groups is 1. The molecule has 0 spiro atoms. The summed E-state index contributed by atoms with van der Waals surface area (Å²) in [7, 11) is 0. The van der Waals surface area contributed by atoms with E-state index in [4.69, 9.17) is 5.11 Å². The fourth-order valence-corrected chi connectivity index (χ4v) is 2.68. The molecule has 0 aliphatic carbocycles. The Kier molecular flexibility index (Phi) is 4.73. The van der Waals surface area contributed by atoms with Gasteiger partial charge in [0.2, 0.25) is 0 Å². The molecule has 0 fully saturated rings. The Morgan fingerprint density at radius 3 is 2.20 bits per heavy atom. The first-order chi connectivity index (χ1) is 9.50. The lowest BCUT2D eigenvalue weighted by Crippen LogP contribution is -2.08. The summed E-state index contributed by atoms with van der Waals surface area (Å²) in [4.78, 5) is 0.874. The van der Waals surface area contributed by atoms with Crippen molar-refractivity contribution in [2.24, 2.45) is 0 Å². The lowest BCUT2D eigenvalue weighted by molar-refractivity contribution is -0.138. The van der Waals surface area contributed by atoms with Gasteiger partial charge in [-0.25, -0.2) is 0 Å². The third-order valence-electron chi connectivity index (χ3n) is 2.82. The summed E-state index contributed by atoms with van der Waals surface area (Å²) in [5.74, 6) is 0.258. The number of alkyl halides is 3. The Morgan fingerprint density at radius 2 is 1.60 bits per heavy atom. The van der Waals surface area contributed by atoms with E-state index < -0.39 is 11.7 Å². The molecule has 2 aromatic rings. The number of rotatable bonds is 4. The summed E-state index contributed by atoms with van der Waals surface area (Å²) < 4.78 is 38.5. The van der Waals surface area contributed by atoms with Crippen LogP contribution in [0.25, 0.3) is 0 Å². The topological polar surface area (TPSA) is 20.2 Å². The molecule has 0 unspecified atom stereocenters. The molecule has 106 valence electrons. The smallest absolute Gasteiger partial charge is 0.392 e. The van der Waals surface area contributed by atoms with Crippen molar-refractivity contribution in [3.05, 3.63) is 65.2 Å². The Morgan fingerprint density at radius 1 is 0.950 bits per heavy atom. The van der Waals surface area contributed by atoms with Crippen molar-refractivity contribution >= 4 is 11.8 Å². The van der Waals surface area contributed by atoms with Crippen LogP contribution in [0.15, 0.2) is 53.4 Å². The Balaban J connectivity index is 2.10. The van der Waals surface area contributed by atoms with Crippen LogP contribution in [-0.4, -0.2) is 5.11 Å². The third kappa shape index (κ3) is 3.77. The fourth-order valence-electron chi connectivity index (χ4n) is 1.77. The first-order valence-electron chi connectivity index (χ1n) is 5.98. The average Bonchev–Trinajstić information content (AvgIpc) is 2.45. The average molecular weight is 298 g/mol. The molecule has 2 aromatic carbocycles. The largest absolute Gasteiger partial charge is 0.416 e. The van der Waals surface area contributed by atoms with Crippen LogP contribution >= 0.6 is 11.8 Å². The molecule has 0 atom stereocenters. The summed E-state index contributed by atoms with van der Waals surface area (Å²) in [5, 5.41) is 8.93. The highest BCUT2D eigenvalue weighted by molar-refractivity contribution is 7.98. The third-order valence-corrected chi connectivity index (χ3v) is 3.88. The van der Waals surface area contributed by atoms with E-state index in [-0.39, 0.29) is 17.9 Å². The van der Waals surface area contributed by atoms with Gasteiger partial charge in [0.05, 0.1) is 12.2 Å². The van der Waals surface area contributed by atoms with Gasteiger partial charge in [0.15, 0.2) is 0 Å². The summed E-state index contributed by atoms with van der Waals surface area (Å²) in [6, 6.07) is 12.7. The van der Waals surface area contributed by atoms with Crippen molar-refractivity contribution in [1.82, 2.24) is 0 Å². The van der Waals surface area contributed by atoms with E-state index in [1.54, 1.807) is 30.3 Å². The molecule has 0 saturated carbocycles. The molecule has 0 amide bonds. The first-order valence-corrected chi connectivity index (χ1v) is 6.97. The van der Waals surface area contributed by atoms with E-state index in [1.165, 1.54) is 23.9 Å². The van der Waals surface area contributed by atoms with E-state index >= 15 is 0 Å². The molecule has 5 heteroatoms. The quantitative estimate of drug-likeness (QED) is 0.839. The molecule has 2 rings (SSSR count). The minimum Gasteiger partial charge on any atom is -0.392 e. The predicted molar refractivity (Wildman–Crippen MR) is 73.4 cm³/mol. The Bertz CT molecular complexity index is 564. The molecule has 20 heavy (non-hydrogen) atoms. The number of benzene rings is 2. The minimum absolute atomic E-state index is 0.0398. The number of aliphatic hydroxyl groups excluding tert-OH is 1. The van der Waals surface area contributed by atoms with Crippen molar-refractivity contribution in [2.45, 2.75) is 23.4 Å². The van der Waals surface area contributed by atoms with Crippen LogP contribution in [0.5, 0.6) is 0 Å². The maximum Gasteiger partial charge on any atom is 0.416 e. The molecule has 0 bridgehead atoms. The van der Waals surface area contributed by atoms with Crippen LogP contribution in [0.4, 0.5) is 13.2 Å². The maximum absolute atomic E-state index is 12.8. The van der Waals surface area contributed by atoms with Crippen LogP contribution in [-0.2, 0) is 18.5 Å². The highest BCUT2D eigenvalue weighted by atomic mass is 32.2. The number of thioether (sulfide) groups is 1. The Labute approximate surface area is 119 Å². The minimum atomic E-state index is -4.32. The second-order valence-electron chi connectivity index (χ2n) is 4.25. The van der Waals surface area contributed by atoms with Crippen LogP contribution in [0.3, 0.4) is 0 Å². The van der Waals surface area contributed by atoms with Gasteiger partial charge in [-0.2, -0.15) is 13.2 Å². The van der Waals surface area contributed by atoms with E-state index in [9.17, 15) is 13.2 Å². The number of hydrogen-bond acceptors (Lipinski definition) is 2. The first kappa shape index (κ1) is 14.9. The highest BCUT2D eigenvalue weighted by Crippen LogP contribution is 2.34. The van der Waals surface area contributed by atoms with Gasteiger partial charge in [0.1, 0.15) is 0 Å². The lowest BCUT2D eigenvalue weighted by Gasteiger charge is -2.12. The summed E-state index contributed by atoms with van der Waals surface area (Å²) in [6.45, 7) is -0.0398. The van der Waals surface area contributed by atoms with Gasteiger partial charge in [0, 0.05) is 10.6 Å². The monoisotopic (exact) mass is 298 g/mol.